The van der Waals surface area contributed by atoms with E-state index in [1.807, 2.05) is 0 Å². The van der Waals surface area contributed by atoms with Gasteiger partial charge in [-0.25, -0.2) is 4.79 Å². The lowest BCUT2D eigenvalue weighted by atomic mass is 10.1. The molecule has 1 atom stereocenters. The van der Waals surface area contributed by atoms with E-state index < -0.39 is 24.2 Å². The van der Waals surface area contributed by atoms with Gasteiger partial charge in [0.2, 0.25) is 0 Å². The number of nitrogens with one attached hydrogen (secondary N) is 1. The maximum Gasteiger partial charge on any atom is 0.490 e. The number of nitrogens with zero attached hydrogens (tertiary/aromatic N) is 1. The van der Waals surface area contributed by atoms with Gasteiger partial charge in [-0.1, -0.05) is 0 Å². The molecule has 2 fully saturated rings. The van der Waals surface area contributed by atoms with Crippen LogP contribution in [0.5, 0.6) is 0 Å². The molecule has 0 bridgehead atoms. The van der Waals surface area contributed by atoms with E-state index >= 15 is 0 Å². The normalized spacial score (nSPS) is 25.9. The smallest absolute Gasteiger partial charge is 0.446 e. The first-order valence-corrected chi connectivity index (χ1v) is 5.18. The number of likely N-dealkylation sites (tertiary alicyclic amines) is 1. The Balaban J connectivity index is 1.91. The monoisotopic (exact) mass is 252 g/mol. The van der Waals surface area contributed by atoms with E-state index in [-0.39, 0.29) is 12.5 Å². The molecular formula is C9H11F3N2O3. The standard InChI is InChI=1S/C9H11F3N2O3/c10-9(11,12)8(16)17-6-1-2-14(7(6)15)5-3-13-4-5/h5-6,13H,1-4H2. The number of amides is 1. The van der Waals surface area contributed by atoms with Gasteiger partial charge in [0.1, 0.15) is 0 Å². The van der Waals surface area contributed by atoms with Crippen LogP contribution < -0.4 is 5.32 Å². The van der Waals surface area contributed by atoms with E-state index in [2.05, 4.69) is 10.1 Å². The molecule has 0 aromatic carbocycles. The van der Waals surface area contributed by atoms with Crippen molar-refractivity contribution in [1.29, 1.82) is 0 Å². The Morgan fingerprint density at radius 2 is 2.06 bits per heavy atom. The third kappa shape index (κ3) is 2.36. The van der Waals surface area contributed by atoms with Gasteiger partial charge in [0.25, 0.3) is 5.91 Å². The Morgan fingerprint density at radius 3 is 2.53 bits per heavy atom. The lowest BCUT2D eigenvalue weighted by molar-refractivity contribution is -0.205. The highest BCUT2D eigenvalue weighted by Crippen LogP contribution is 2.23. The Kier molecular flexibility index (Phi) is 2.98. The molecule has 17 heavy (non-hydrogen) atoms. The molecule has 8 heteroatoms. The summed E-state index contributed by atoms with van der Waals surface area (Å²) in [5.74, 6) is -2.83. The first-order valence-electron chi connectivity index (χ1n) is 5.18. The van der Waals surface area contributed by atoms with Crippen LogP contribution in [0, 0.1) is 0 Å². The van der Waals surface area contributed by atoms with Crippen molar-refractivity contribution in [1.82, 2.24) is 10.2 Å². The number of carbonyl (C=O) groups is 2. The number of ether oxygens (including phenoxy) is 1. The molecule has 0 aliphatic carbocycles. The van der Waals surface area contributed by atoms with Crippen LogP contribution in [0.25, 0.3) is 0 Å². The van der Waals surface area contributed by atoms with Crippen molar-refractivity contribution >= 4 is 11.9 Å². The molecule has 2 aliphatic heterocycles. The molecule has 0 spiro atoms. The zero-order chi connectivity index (χ0) is 12.6. The van der Waals surface area contributed by atoms with E-state index in [9.17, 15) is 22.8 Å². The lowest BCUT2D eigenvalue weighted by Crippen LogP contribution is -2.58. The number of halogens is 3. The lowest BCUT2D eigenvalue weighted by Gasteiger charge is -2.35. The van der Waals surface area contributed by atoms with Crippen molar-refractivity contribution in [3.63, 3.8) is 0 Å². The van der Waals surface area contributed by atoms with Crippen LogP contribution in [0.1, 0.15) is 6.42 Å². The fourth-order valence-electron chi connectivity index (χ4n) is 1.84. The van der Waals surface area contributed by atoms with Gasteiger partial charge in [-0.05, 0) is 0 Å². The van der Waals surface area contributed by atoms with Crippen LogP contribution >= 0.6 is 0 Å². The summed E-state index contributed by atoms with van der Waals surface area (Å²) in [5, 5.41) is 2.96. The minimum Gasteiger partial charge on any atom is -0.446 e. The average Bonchev–Trinajstić information content (AvgIpc) is 2.46. The van der Waals surface area contributed by atoms with Gasteiger partial charge in [0.05, 0.1) is 6.04 Å². The van der Waals surface area contributed by atoms with Crippen molar-refractivity contribution < 1.29 is 27.5 Å². The topological polar surface area (TPSA) is 58.6 Å². The summed E-state index contributed by atoms with van der Waals surface area (Å²) in [6, 6.07) is 0.0112. The fraction of sp³-hybridized carbons (Fsp3) is 0.778. The maximum atomic E-state index is 12.0. The molecule has 96 valence electrons. The number of hydrogen-bond donors (Lipinski definition) is 1. The first kappa shape index (κ1) is 12.2. The fourth-order valence-corrected chi connectivity index (χ4v) is 1.84. The third-order valence-corrected chi connectivity index (χ3v) is 2.87. The minimum absolute atomic E-state index is 0.0112. The highest BCUT2D eigenvalue weighted by Gasteiger charge is 2.46. The van der Waals surface area contributed by atoms with E-state index in [0.717, 1.165) is 0 Å². The molecule has 2 aliphatic rings. The SMILES string of the molecule is O=C1C(OC(=O)C(F)(F)F)CCN1C1CNC1. The largest absolute Gasteiger partial charge is 0.490 e. The van der Waals surface area contributed by atoms with Gasteiger partial charge >= 0.3 is 12.1 Å². The predicted octanol–water partition coefficient (Wildman–Crippen LogP) is -0.335. The van der Waals surface area contributed by atoms with Gasteiger partial charge in [-0.15, -0.1) is 0 Å². The predicted molar refractivity (Wildman–Crippen MR) is 48.9 cm³/mol. The molecule has 0 aromatic rings. The Hall–Kier alpha value is -1.31. The number of carbonyl (C=O) groups excluding carboxylic acids is 2. The number of hydrogen-bond acceptors (Lipinski definition) is 4. The molecule has 1 amide bonds. The van der Waals surface area contributed by atoms with E-state index in [0.29, 0.717) is 19.6 Å². The van der Waals surface area contributed by atoms with Crippen molar-refractivity contribution in [3.8, 4) is 0 Å². The van der Waals surface area contributed by atoms with Crippen LogP contribution in [0.2, 0.25) is 0 Å². The molecule has 2 saturated heterocycles. The molecule has 1 unspecified atom stereocenters. The molecule has 0 saturated carbocycles. The van der Waals surface area contributed by atoms with Gasteiger partial charge in [-0.2, -0.15) is 13.2 Å². The molecule has 5 nitrogen and oxygen atoms in total. The van der Waals surface area contributed by atoms with Crippen LogP contribution in [0.4, 0.5) is 13.2 Å². The second kappa shape index (κ2) is 4.17. The average molecular weight is 252 g/mol. The van der Waals surface area contributed by atoms with Crippen LogP contribution in [0.15, 0.2) is 0 Å². The third-order valence-electron chi connectivity index (χ3n) is 2.87. The summed E-state index contributed by atoms with van der Waals surface area (Å²) < 4.78 is 40.0. The first-order chi connectivity index (χ1) is 7.89. The molecule has 0 aromatic heterocycles. The molecule has 1 N–H and O–H groups in total. The summed E-state index contributed by atoms with van der Waals surface area (Å²) in [6.07, 6.45) is -6.21. The quantitative estimate of drug-likeness (QED) is 0.683. The van der Waals surface area contributed by atoms with Crippen molar-refractivity contribution in [3.05, 3.63) is 0 Å². The van der Waals surface area contributed by atoms with Gasteiger partial charge in [0, 0.05) is 26.1 Å². The van der Waals surface area contributed by atoms with Crippen molar-refractivity contribution in [2.45, 2.75) is 24.7 Å². The van der Waals surface area contributed by atoms with E-state index in [4.69, 9.17) is 0 Å². The van der Waals surface area contributed by atoms with Gasteiger partial charge in [0.15, 0.2) is 6.10 Å². The zero-order valence-electron chi connectivity index (χ0n) is 8.79. The summed E-state index contributed by atoms with van der Waals surface area (Å²) in [6.45, 7) is 1.60. The van der Waals surface area contributed by atoms with Gasteiger partial charge < -0.3 is 15.0 Å². The Morgan fingerprint density at radius 1 is 1.41 bits per heavy atom. The summed E-state index contributed by atoms with van der Waals surface area (Å²) in [4.78, 5) is 23.7. The number of alkyl halides is 3. The Bertz CT molecular complexity index is 341. The molecule has 2 heterocycles. The Labute approximate surface area is 94.9 Å². The summed E-state index contributed by atoms with van der Waals surface area (Å²) in [7, 11) is 0. The van der Waals surface area contributed by atoms with E-state index in [1.165, 1.54) is 4.90 Å². The molecule has 2 rings (SSSR count). The molecule has 0 radical (unpaired) electrons. The second-order valence-corrected chi connectivity index (χ2v) is 4.02. The minimum atomic E-state index is -5.05. The van der Waals surface area contributed by atoms with Crippen LogP contribution in [0.3, 0.4) is 0 Å². The number of esters is 1. The van der Waals surface area contributed by atoms with Crippen molar-refractivity contribution in [2.75, 3.05) is 19.6 Å². The summed E-state index contributed by atoms with van der Waals surface area (Å²) in [5.41, 5.74) is 0. The van der Waals surface area contributed by atoms with Crippen molar-refractivity contribution in [2.24, 2.45) is 0 Å². The van der Waals surface area contributed by atoms with Gasteiger partial charge in [-0.3, -0.25) is 4.79 Å². The number of rotatable bonds is 2. The van der Waals surface area contributed by atoms with E-state index in [1.54, 1.807) is 0 Å². The maximum absolute atomic E-state index is 12.0. The second-order valence-electron chi connectivity index (χ2n) is 4.02. The highest BCUT2D eigenvalue weighted by atomic mass is 19.4. The van der Waals surface area contributed by atoms with Crippen LogP contribution in [-0.2, 0) is 14.3 Å². The summed E-state index contributed by atoms with van der Waals surface area (Å²) >= 11 is 0. The highest BCUT2D eigenvalue weighted by molar-refractivity contribution is 5.87. The molecular weight excluding hydrogens is 241 g/mol. The zero-order valence-corrected chi connectivity index (χ0v) is 8.79. The van der Waals surface area contributed by atoms with Crippen LogP contribution in [-0.4, -0.2) is 54.7 Å².